The van der Waals surface area contributed by atoms with Crippen LogP contribution >= 0.6 is 12.2 Å². The molecule has 1 amide bonds. The third kappa shape index (κ3) is 5.42. The monoisotopic (exact) mass is 289 g/mol. The van der Waals surface area contributed by atoms with E-state index in [1.165, 1.54) is 0 Å². The van der Waals surface area contributed by atoms with E-state index >= 15 is 0 Å². The van der Waals surface area contributed by atoms with Gasteiger partial charge in [-0.05, 0) is 19.9 Å². The lowest BCUT2D eigenvalue weighted by molar-refractivity contribution is -0.127. The number of likely N-dealkylation sites (N-methyl/N-ethyl adjacent to an activating group) is 1. The number of nitrogens with two attached hydrogens (primary N) is 1. The summed E-state index contributed by atoms with van der Waals surface area (Å²) in [5.74, 6) is -0.0647. The summed E-state index contributed by atoms with van der Waals surface area (Å²) < 4.78 is 5.00. The zero-order chi connectivity index (χ0) is 14.9. The minimum Gasteiger partial charge on any atom is -0.392 e. The Balaban J connectivity index is 4.25. The molecule has 0 spiro atoms. The van der Waals surface area contributed by atoms with Crippen LogP contribution in [-0.2, 0) is 9.53 Å². The largest absolute Gasteiger partial charge is 0.392 e. The van der Waals surface area contributed by atoms with E-state index in [-0.39, 0.29) is 10.9 Å². The summed E-state index contributed by atoms with van der Waals surface area (Å²) in [6.45, 7) is 6.76. The van der Waals surface area contributed by atoms with Crippen molar-refractivity contribution in [3.05, 3.63) is 0 Å². The van der Waals surface area contributed by atoms with Crippen LogP contribution in [0, 0.1) is 5.41 Å². The van der Waals surface area contributed by atoms with E-state index in [9.17, 15) is 4.79 Å². The molecule has 0 rings (SSSR count). The maximum absolute atomic E-state index is 12.2. The van der Waals surface area contributed by atoms with Crippen molar-refractivity contribution < 1.29 is 9.53 Å². The second-order valence-corrected chi connectivity index (χ2v) is 5.15. The van der Waals surface area contributed by atoms with Gasteiger partial charge in [-0.25, -0.2) is 0 Å². The molecule has 0 aromatic rings. The van der Waals surface area contributed by atoms with E-state index in [1.54, 1.807) is 7.11 Å². The number of rotatable bonds is 10. The summed E-state index contributed by atoms with van der Waals surface area (Å²) in [4.78, 5) is 14.6. The highest BCUT2D eigenvalue weighted by molar-refractivity contribution is 7.80. The summed E-state index contributed by atoms with van der Waals surface area (Å²) in [7, 11) is 3.67. The Hall–Kier alpha value is -0.720. The SMILES string of the molecule is CCC(CC)(C(=O)NCCN(C)CCOC)C(N)=S. The molecular formula is C13H27N3O2S. The number of nitrogens with zero attached hydrogens (tertiary/aromatic N) is 1. The predicted octanol–water partition coefficient (Wildman–Crippen LogP) is 0.773. The third-order valence-corrected chi connectivity index (χ3v) is 3.96. The molecule has 5 nitrogen and oxygen atoms in total. The zero-order valence-electron chi connectivity index (χ0n) is 12.5. The Morgan fingerprint density at radius 2 is 1.95 bits per heavy atom. The highest BCUT2D eigenvalue weighted by Gasteiger charge is 2.37. The van der Waals surface area contributed by atoms with Crippen molar-refractivity contribution in [2.45, 2.75) is 26.7 Å². The molecule has 3 N–H and O–H groups in total. The van der Waals surface area contributed by atoms with Crippen LogP contribution in [0.25, 0.3) is 0 Å². The molecule has 0 aromatic heterocycles. The lowest BCUT2D eigenvalue weighted by Crippen LogP contribution is -2.49. The van der Waals surface area contributed by atoms with Crippen LogP contribution in [0.3, 0.4) is 0 Å². The van der Waals surface area contributed by atoms with Crippen molar-refractivity contribution in [2.24, 2.45) is 11.1 Å². The molecule has 0 saturated heterocycles. The lowest BCUT2D eigenvalue weighted by atomic mass is 9.81. The van der Waals surface area contributed by atoms with Gasteiger partial charge in [-0.2, -0.15) is 0 Å². The summed E-state index contributed by atoms with van der Waals surface area (Å²) >= 11 is 5.05. The van der Waals surface area contributed by atoms with E-state index in [2.05, 4.69) is 10.2 Å². The molecule has 0 aliphatic heterocycles. The lowest BCUT2D eigenvalue weighted by Gasteiger charge is -2.29. The molecule has 0 aliphatic rings. The van der Waals surface area contributed by atoms with Crippen LogP contribution in [0.1, 0.15) is 26.7 Å². The molecule has 0 aromatic carbocycles. The predicted molar refractivity (Wildman–Crippen MR) is 82.2 cm³/mol. The molecular weight excluding hydrogens is 262 g/mol. The van der Waals surface area contributed by atoms with E-state index in [0.717, 1.165) is 13.1 Å². The summed E-state index contributed by atoms with van der Waals surface area (Å²) in [6, 6.07) is 0. The smallest absolute Gasteiger partial charge is 0.233 e. The first kappa shape index (κ1) is 18.3. The molecule has 0 atom stereocenters. The molecule has 112 valence electrons. The molecule has 0 aliphatic carbocycles. The zero-order valence-corrected chi connectivity index (χ0v) is 13.3. The number of thiocarbonyl (C=S) groups is 1. The normalized spacial score (nSPS) is 11.6. The van der Waals surface area contributed by atoms with Gasteiger partial charge in [0.2, 0.25) is 5.91 Å². The topological polar surface area (TPSA) is 67.6 Å². The molecule has 0 fully saturated rings. The Bertz CT molecular complexity index is 294. The Labute approximate surface area is 121 Å². The van der Waals surface area contributed by atoms with Crippen LogP contribution < -0.4 is 11.1 Å². The second kappa shape index (κ2) is 9.23. The summed E-state index contributed by atoms with van der Waals surface area (Å²) in [6.07, 6.45) is 1.26. The fraction of sp³-hybridized carbons (Fsp3) is 0.846. The minimum atomic E-state index is -0.708. The number of methoxy groups -OCH3 is 1. The maximum Gasteiger partial charge on any atom is 0.233 e. The third-order valence-electron chi connectivity index (χ3n) is 3.57. The summed E-state index contributed by atoms with van der Waals surface area (Å²) in [5, 5.41) is 2.93. The maximum atomic E-state index is 12.2. The quantitative estimate of drug-likeness (QED) is 0.582. The first-order valence-electron chi connectivity index (χ1n) is 6.70. The molecule has 0 saturated carbocycles. The van der Waals surface area contributed by atoms with Crippen molar-refractivity contribution in [2.75, 3.05) is 40.4 Å². The van der Waals surface area contributed by atoms with Crippen molar-refractivity contribution >= 4 is 23.1 Å². The number of amides is 1. The fourth-order valence-corrected chi connectivity index (χ4v) is 2.30. The number of nitrogens with one attached hydrogen (secondary N) is 1. The second-order valence-electron chi connectivity index (χ2n) is 4.71. The number of carbonyl (C=O) groups excluding carboxylic acids is 1. The number of hydrogen-bond donors (Lipinski definition) is 2. The van der Waals surface area contributed by atoms with Crippen molar-refractivity contribution in [3.63, 3.8) is 0 Å². The first-order valence-corrected chi connectivity index (χ1v) is 7.11. The Morgan fingerprint density at radius 3 is 2.37 bits per heavy atom. The van der Waals surface area contributed by atoms with Gasteiger partial charge in [0.1, 0.15) is 0 Å². The van der Waals surface area contributed by atoms with Crippen molar-refractivity contribution in [1.82, 2.24) is 10.2 Å². The van der Waals surface area contributed by atoms with E-state index in [0.29, 0.717) is 26.0 Å². The van der Waals surface area contributed by atoms with E-state index in [1.807, 2.05) is 20.9 Å². The van der Waals surface area contributed by atoms with Gasteiger partial charge in [-0.3, -0.25) is 4.79 Å². The highest BCUT2D eigenvalue weighted by atomic mass is 32.1. The average molecular weight is 289 g/mol. The molecule has 0 radical (unpaired) electrons. The van der Waals surface area contributed by atoms with E-state index in [4.69, 9.17) is 22.7 Å². The molecule has 6 heteroatoms. The molecule has 0 bridgehead atoms. The van der Waals surface area contributed by atoms with Gasteiger partial charge in [0.15, 0.2) is 0 Å². The summed E-state index contributed by atoms with van der Waals surface area (Å²) in [5.41, 5.74) is 5.03. The van der Waals surface area contributed by atoms with Crippen molar-refractivity contribution in [3.8, 4) is 0 Å². The molecule has 0 heterocycles. The Morgan fingerprint density at radius 1 is 1.37 bits per heavy atom. The van der Waals surface area contributed by atoms with Gasteiger partial charge in [0, 0.05) is 26.7 Å². The van der Waals surface area contributed by atoms with Crippen LogP contribution in [0.5, 0.6) is 0 Å². The standard InChI is InChI=1S/C13H27N3O2S/c1-5-13(6-2,11(14)19)12(17)15-7-8-16(3)9-10-18-4/h5-10H2,1-4H3,(H2,14,19)(H,15,17). The average Bonchev–Trinajstić information content (AvgIpc) is 2.38. The van der Waals surface area contributed by atoms with Gasteiger partial charge >= 0.3 is 0 Å². The molecule has 19 heavy (non-hydrogen) atoms. The Kier molecular flexibility index (Phi) is 8.88. The number of ether oxygens (including phenoxy) is 1. The minimum absolute atomic E-state index is 0.0647. The van der Waals surface area contributed by atoms with Crippen molar-refractivity contribution in [1.29, 1.82) is 0 Å². The number of carbonyl (C=O) groups is 1. The van der Waals surface area contributed by atoms with Gasteiger partial charge in [0.05, 0.1) is 17.0 Å². The van der Waals surface area contributed by atoms with Gasteiger partial charge in [-0.1, -0.05) is 26.1 Å². The van der Waals surface area contributed by atoms with Crippen LogP contribution in [-0.4, -0.2) is 56.2 Å². The van der Waals surface area contributed by atoms with Gasteiger partial charge in [0.25, 0.3) is 0 Å². The van der Waals surface area contributed by atoms with Crippen LogP contribution in [0.4, 0.5) is 0 Å². The molecule has 0 unspecified atom stereocenters. The highest BCUT2D eigenvalue weighted by Crippen LogP contribution is 2.26. The van der Waals surface area contributed by atoms with Crippen LogP contribution in [0.2, 0.25) is 0 Å². The van der Waals surface area contributed by atoms with Gasteiger partial charge < -0.3 is 20.7 Å². The number of hydrogen-bond acceptors (Lipinski definition) is 4. The first-order chi connectivity index (χ1) is 8.94. The van der Waals surface area contributed by atoms with Crippen LogP contribution in [0.15, 0.2) is 0 Å². The van der Waals surface area contributed by atoms with E-state index < -0.39 is 5.41 Å². The van der Waals surface area contributed by atoms with Gasteiger partial charge in [-0.15, -0.1) is 0 Å². The fourth-order valence-electron chi connectivity index (χ4n) is 1.92.